The first-order chi connectivity index (χ1) is 13.5. The molecule has 3 rings (SSSR count). The molecule has 1 saturated heterocycles. The molecule has 28 heavy (non-hydrogen) atoms. The number of ether oxygens (including phenoxy) is 2. The SMILES string of the molecule is COCCN1C(=O)C[C@H](CNc2ccc(OC(F)F)cn2)[C@H]1c1cnn(C)c1. The minimum Gasteiger partial charge on any atom is -0.433 e. The van der Waals surface area contributed by atoms with Crippen LogP contribution in [0, 0.1) is 5.92 Å². The van der Waals surface area contributed by atoms with Crippen LogP contribution in [0.3, 0.4) is 0 Å². The number of aryl methyl sites for hydroxylation is 1. The third kappa shape index (κ3) is 4.75. The van der Waals surface area contributed by atoms with Crippen molar-refractivity contribution in [1.82, 2.24) is 19.7 Å². The van der Waals surface area contributed by atoms with E-state index in [9.17, 15) is 13.6 Å². The van der Waals surface area contributed by atoms with Crippen molar-refractivity contribution >= 4 is 11.7 Å². The predicted octanol–water partition coefficient (Wildman–Crippen LogP) is 2.06. The van der Waals surface area contributed by atoms with Gasteiger partial charge in [-0.2, -0.15) is 13.9 Å². The highest BCUT2D eigenvalue weighted by Crippen LogP contribution is 2.37. The molecule has 1 N–H and O–H groups in total. The van der Waals surface area contributed by atoms with E-state index in [1.165, 1.54) is 12.3 Å². The van der Waals surface area contributed by atoms with Crippen molar-refractivity contribution in [3.8, 4) is 5.75 Å². The lowest BCUT2D eigenvalue weighted by molar-refractivity contribution is -0.129. The molecule has 0 aliphatic carbocycles. The van der Waals surface area contributed by atoms with Crippen molar-refractivity contribution in [2.45, 2.75) is 19.1 Å². The van der Waals surface area contributed by atoms with Gasteiger partial charge in [0.1, 0.15) is 11.6 Å². The normalized spacial score (nSPS) is 19.5. The largest absolute Gasteiger partial charge is 0.433 e. The average molecular weight is 395 g/mol. The van der Waals surface area contributed by atoms with Gasteiger partial charge in [0.05, 0.1) is 25.0 Å². The number of hydrogen-bond acceptors (Lipinski definition) is 6. The van der Waals surface area contributed by atoms with Crippen LogP contribution in [0.2, 0.25) is 0 Å². The van der Waals surface area contributed by atoms with Crippen molar-refractivity contribution in [2.24, 2.45) is 13.0 Å². The molecular formula is C18H23F2N5O3. The Hall–Kier alpha value is -2.75. The zero-order valence-electron chi connectivity index (χ0n) is 15.7. The topological polar surface area (TPSA) is 81.5 Å². The first-order valence-electron chi connectivity index (χ1n) is 8.89. The van der Waals surface area contributed by atoms with Crippen molar-refractivity contribution < 1.29 is 23.0 Å². The predicted molar refractivity (Wildman–Crippen MR) is 97.0 cm³/mol. The van der Waals surface area contributed by atoms with E-state index in [4.69, 9.17) is 4.74 Å². The van der Waals surface area contributed by atoms with Gasteiger partial charge in [0, 0.05) is 51.3 Å². The van der Waals surface area contributed by atoms with E-state index < -0.39 is 6.61 Å². The molecule has 8 nitrogen and oxygen atoms in total. The Kier molecular flexibility index (Phi) is 6.40. The number of carbonyl (C=O) groups excluding carboxylic acids is 1. The molecule has 3 heterocycles. The van der Waals surface area contributed by atoms with Gasteiger partial charge in [-0.3, -0.25) is 9.48 Å². The summed E-state index contributed by atoms with van der Waals surface area (Å²) >= 11 is 0. The molecule has 0 saturated carbocycles. The zero-order chi connectivity index (χ0) is 20.1. The molecule has 10 heteroatoms. The number of pyridine rings is 1. The monoisotopic (exact) mass is 395 g/mol. The number of methoxy groups -OCH3 is 1. The third-order valence-corrected chi connectivity index (χ3v) is 4.65. The van der Waals surface area contributed by atoms with Crippen molar-refractivity contribution in [1.29, 1.82) is 0 Å². The second-order valence-corrected chi connectivity index (χ2v) is 6.57. The van der Waals surface area contributed by atoms with Crippen LogP contribution in [-0.4, -0.2) is 59.0 Å². The Labute approximate surface area is 161 Å². The zero-order valence-corrected chi connectivity index (χ0v) is 15.7. The smallest absolute Gasteiger partial charge is 0.387 e. The molecule has 0 spiro atoms. The van der Waals surface area contributed by atoms with Crippen molar-refractivity contribution in [3.05, 3.63) is 36.3 Å². The maximum atomic E-state index is 12.6. The van der Waals surface area contributed by atoms with Gasteiger partial charge in [0.25, 0.3) is 0 Å². The molecule has 2 aromatic rings. The van der Waals surface area contributed by atoms with Gasteiger partial charge < -0.3 is 19.7 Å². The lowest BCUT2D eigenvalue weighted by Gasteiger charge is -2.27. The fourth-order valence-electron chi connectivity index (χ4n) is 3.44. The highest BCUT2D eigenvalue weighted by Gasteiger charge is 2.40. The van der Waals surface area contributed by atoms with Crippen LogP contribution in [0.25, 0.3) is 0 Å². The molecule has 2 aromatic heterocycles. The van der Waals surface area contributed by atoms with Gasteiger partial charge in [-0.1, -0.05) is 0 Å². The number of nitrogens with zero attached hydrogens (tertiary/aromatic N) is 4. The standard InChI is InChI=1S/C18H23F2N5O3/c1-24-11-13(9-23-24)17-12(7-16(26)25(17)5-6-27-2)8-21-15-4-3-14(10-22-15)28-18(19)20/h3-4,9-12,17-18H,5-8H2,1-2H3,(H,21,22)/t12-,17+/m1/s1. The molecule has 1 aliphatic heterocycles. The van der Waals surface area contributed by atoms with Crippen molar-refractivity contribution in [3.63, 3.8) is 0 Å². The van der Waals surface area contributed by atoms with E-state index in [2.05, 4.69) is 20.1 Å². The first-order valence-corrected chi connectivity index (χ1v) is 8.89. The van der Waals surface area contributed by atoms with E-state index >= 15 is 0 Å². The summed E-state index contributed by atoms with van der Waals surface area (Å²) < 4.78 is 35.6. The van der Waals surface area contributed by atoms with E-state index in [1.807, 2.05) is 18.1 Å². The molecule has 1 amide bonds. The van der Waals surface area contributed by atoms with E-state index in [-0.39, 0.29) is 23.6 Å². The number of amides is 1. The highest BCUT2D eigenvalue weighted by atomic mass is 19.3. The van der Waals surface area contributed by atoms with Gasteiger partial charge in [0.2, 0.25) is 5.91 Å². The number of halogens is 2. The number of nitrogens with one attached hydrogen (secondary N) is 1. The number of rotatable bonds is 9. The molecule has 0 radical (unpaired) electrons. The number of anilines is 1. The van der Waals surface area contributed by atoms with Crippen LogP contribution in [0.1, 0.15) is 18.0 Å². The molecular weight excluding hydrogens is 372 g/mol. The third-order valence-electron chi connectivity index (χ3n) is 4.65. The Morgan fingerprint density at radius 3 is 2.79 bits per heavy atom. The lowest BCUT2D eigenvalue weighted by atomic mass is 9.95. The summed E-state index contributed by atoms with van der Waals surface area (Å²) in [7, 11) is 3.44. The Morgan fingerprint density at radius 1 is 1.36 bits per heavy atom. The Morgan fingerprint density at radius 2 is 2.18 bits per heavy atom. The van der Waals surface area contributed by atoms with Crippen LogP contribution >= 0.6 is 0 Å². The number of alkyl halides is 2. The van der Waals surface area contributed by atoms with Gasteiger partial charge in [-0.15, -0.1) is 0 Å². The molecule has 152 valence electrons. The summed E-state index contributed by atoms with van der Waals surface area (Å²) in [5.41, 5.74) is 0.963. The Balaban J connectivity index is 1.69. The number of hydrogen-bond donors (Lipinski definition) is 1. The van der Waals surface area contributed by atoms with E-state index in [1.54, 1.807) is 24.1 Å². The van der Waals surface area contributed by atoms with Crippen LogP contribution in [0.5, 0.6) is 5.75 Å². The minimum atomic E-state index is -2.89. The minimum absolute atomic E-state index is 0.00410. The fourth-order valence-corrected chi connectivity index (χ4v) is 3.44. The maximum Gasteiger partial charge on any atom is 0.387 e. The summed E-state index contributed by atoms with van der Waals surface area (Å²) in [5.74, 6) is 0.587. The van der Waals surface area contributed by atoms with Crippen LogP contribution < -0.4 is 10.1 Å². The van der Waals surface area contributed by atoms with Crippen LogP contribution in [0.4, 0.5) is 14.6 Å². The fraction of sp³-hybridized carbons (Fsp3) is 0.500. The second-order valence-electron chi connectivity index (χ2n) is 6.57. The molecule has 2 atom stereocenters. The summed E-state index contributed by atoms with van der Waals surface area (Å²) in [5, 5.41) is 7.41. The van der Waals surface area contributed by atoms with Gasteiger partial charge in [0.15, 0.2) is 0 Å². The summed E-state index contributed by atoms with van der Waals surface area (Å²) in [4.78, 5) is 18.4. The Bertz CT molecular complexity index is 784. The van der Waals surface area contributed by atoms with Crippen LogP contribution in [0.15, 0.2) is 30.7 Å². The molecule has 1 fully saturated rings. The van der Waals surface area contributed by atoms with Crippen molar-refractivity contribution in [2.75, 3.05) is 32.1 Å². The molecule has 0 unspecified atom stereocenters. The number of carbonyl (C=O) groups is 1. The van der Waals surface area contributed by atoms with E-state index in [0.717, 1.165) is 5.56 Å². The van der Waals surface area contributed by atoms with Gasteiger partial charge >= 0.3 is 6.61 Å². The molecule has 0 aromatic carbocycles. The maximum absolute atomic E-state index is 12.6. The summed E-state index contributed by atoms with van der Waals surface area (Å²) in [6.07, 6.45) is 5.30. The summed E-state index contributed by atoms with van der Waals surface area (Å²) in [6, 6.07) is 2.87. The van der Waals surface area contributed by atoms with Gasteiger partial charge in [-0.05, 0) is 12.1 Å². The average Bonchev–Trinajstić information content (AvgIpc) is 3.21. The van der Waals surface area contributed by atoms with E-state index in [0.29, 0.717) is 31.9 Å². The number of likely N-dealkylation sites (tertiary alicyclic amines) is 1. The lowest BCUT2D eigenvalue weighted by Crippen LogP contribution is -2.33. The molecule has 1 aliphatic rings. The van der Waals surface area contributed by atoms with Gasteiger partial charge in [-0.25, -0.2) is 4.98 Å². The molecule has 0 bridgehead atoms. The first kappa shape index (κ1) is 20.0. The number of aromatic nitrogens is 3. The highest BCUT2D eigenvalue weighted by molar-refractivity contribution is 5.79. The second kappa shape index (κ2) is 8.96. The summed E-state index contributed by atoms with van der Waals surface area (Å²) in [6.45, 7) is -1.43. The van der Waals surface area contributed by atoms with Crippen LogP contribution in [-0.2, 0) is 16.6 Å². The quantitative estimate of drug-likeness (QED) is 0.700.